The molecule has 0 rings (SSSR count). The zero-order valence-corrected chi connectivity index (χ0v) is 11.0. The van der Waals surface area contributed by atoms with E-state index in [0.29, 0.717) is 6.26 Å². The molecule has 3 N–H and O–H groups in total. The van der Waals surface area contributed by atoms with E-state index in [1.807, 2.05) is 0 Å². The first-order chi connectivity index (χ1) is 7.29. The van der Waals surface area contributed by atoms with Crippen LogP contribution in [0, 0.1) is 0 Å². The smallest absolute Gasteiger partial charge is 0.343 e. The van der Waals surface area contributed by atoms with Gasteiger partial charge in [0.2, 0.25) is 4.87 Å². The third-order valence-corrected chi connectivity index (χ3v) is 3.45. The van der Waals surface area contributed by atoms with Crippen molar-refractivity contribution in [2.45, 2.75) is 37.7 Å². The summed E-state index contributed by atoms with van der Waals surface area (Å²) >= 11 is 0. The number of sulfone groups is 1. The average Bonchev–Trinajstić information content (AvgIpc) is 1.96. The Labute approximate surface area is 99.9 Å². The van der Waals surface area contributed by atoms with Crippen molar-refractivity contribution in [2.24, 2.45) is 5.73 Å². The maximum atomic E-state index is 11.7. The Morgan fingerprint density at radius 2 is 1.71 bits per heavy atom. The molecule has 0 saturated heterocycles. The number of aliphatic carboxylic acids is 1. The van der Waals surface area contributed by atoms with E-state index in [1.54, 1.807) is 0 Å². The van der Waals surface area contributed by atoms with Crippen molar-refractivity contribution in [3.63, 3.8) is 0 Å². The molecule has 7 nitrogen and oxygen atoms in total. The second-order valence-corrected chi connectivity index (χ2v) is 7.01. The lowest BCUT2D eigenvalue weighted by molar-refractivity contribution is -0.160. The molecule has 0 aromatic heterocycles. The summed E-state index contributed by atoms with van der Waals surface area (Å²) in [5.41, 5.74) is 4.43. The van der Waals surface area contributed by atoms with Crippen LogP contribution in [0.2, 0.25) is 0 Å². The van der Waals surface area contributed by atoms with Gasteiger partial charge in [-0.25, -0.2) is 13.2 Å². The zero-order chi connectivity index (χ0) is 14.1. The van der Waals surface area contributed by atoms with Gasteiger partial charge >= 0.3 is 11.9 Å². The van der Waals surface area contributed by atoms with Crippen molar-refractivity contribution in [3.8, 4) is 0 Å². The molecule has 0 aliphatic carbocycles. The fourth-order valence-electron chi connectivity index (χ4n) is 0.944. The van der Waals surface area contributed by atoms with Crippen LogP contribution in [-0.4, -0.2) is 42.2 Å². The van der Waals surface area contributed by atoms with Crippen LogP contribution >= 0.6 is 0 Å². The SMILES string of the molecule is CC(C)(C)OC(=O)C(N)(CC(=O)O)S(C)(=O)=O. The summed E-state index contributed by atoms with van der Waals surface area (Å²) in [5.74, 6) is -2.77. The van der Waals surface area contributed by atoms with Gasteiger partial charge in [-0.2, -0.15) is 0 Å². The van der Waals surface area contributed by atoms with Crippen LogP contribution < -0.4 is 5.73 Å². The highest BCUT2D eigenvalue weighted by atomic mass is 32.2. The molecule has 0 fully saturated rings. The van der Waals surface area contributed by atoms with Crippen molar-refractivity contribution in [2.75, 3.05) is 6.26 Å². The van der Waals surface area contributed by atoms with Gasteiger partial charge in [0.05, 0.1) is 6.42 Å². The second-order valence-electron chi connectivity index (χ2n) is 4.73. The molecule has 0 amide bonds. The number of carboxylic acid groups (broad SMARTS) is 1. The molecular formula is C9H17NO6S. The highest BCUT2D eigenvalue weighted by Crippen LogP contribution is 2.20. The number of esters is 1. The van der Waals surface area contributed by atoms with Crippen LogP contribution in [-0.2, 0) is 24.2 Å². The molecule has 0 aromatic rings. The van der Waals surface area contributed by atoms with E-state index in [1.165, 1.54) is 20.8 Å². The first-order valence-electron chi connectivity index (χ1n) is 4.73. The van der Waals surface area contributed by atoms with Crippen molar-refractivity contribution in [1.82, 2.24) is 0 Å². The lowest BCUT2D eigenvalue weighted by Gasteiger charge is -2.28. The van der Waals surface area contributed by atoms with Crippen LogP contribution in [0.5, 0.6) is 0 Å². The van der Waals surface area contributed by atoms with Gasteiger partial charge in [0, 0.05) is 6.26 Å². The summed E-state index contributed by atoms with van der Waals surface area (Å²) in [7, 11) is -4.11. The summed E-state index contributed by atoms with van der Waals surface area (Å²) in [6, 6.07) is 0. The van der Waals surface area contributed by atoms with Crippen LogP contribution in [0.25, 0.3) is 0 Å². The quantitative estimate of drug-likeness (QED) is 0.658. The molecule has 100 valence electrons. The standard InChI is InChI=1S/C9H17NO6S/c1-8(2,3)16-7(13)9(10,5-6(11)12)17(4,14)15/h5,10H2,1-4H3,(H,11,12). The molecule has 0 saturated carbocycles. The predicted octanol–water partition coefficient (Wildman–Crippen LogP) is -0.498. The number of carboxylic acids is 1. The molecule has 1 atom stereocenters. The fraction of sp³-hybridized carbons (Fsp3) is 0.778. The van der Waals surface area contributed by atoms with E-state index in [0.717, 1.165) is 0 Å². The molecular weight excluding hydrogens is 250 g/mol. The van der Waals surface area contributed by atoms with Crippen LogP contribution in [0.1, 0.15) is 27.2 Å². The maximum Gasteiger partial charge on any atom is 0.343 e. The van der Waals surface area contributed by atoms with E-state index in [9.17, 15) is 18.0 Å². The molecule has 0 aliphatic rings. The molecule has 0 bridgehead atoms. The minimum absolute atomic E-state index is 0.694. The molecule has 0 heterocycles. The Bertz CT molecular complexity index is 421. The normalized spacial score (nSPS) is 16.1. The Hall–Kier alpha value is -1.15. The molecule has 8 heteroatoms. The number of rotatable bonds is 4. The Morgan fingerprint density at radius 1 is 1.29 bits per heavy atom. The highest BCUT2D eigenvalue weighted by Gasteiger charge is 2.49. The van der Waals surface area contributed by atoms with Crippen molar-refractivity contribution >= 4 is 21.8 Å². The number of carbonyl (C=O) groups excluding carboxylic acids is 1. The van der Waals surface area contributed by atoms with Gasteiger partial charge in [0.25, 0.3) is 0 Å². The van der Waals surface area contributed by atoms with Crippen LogP contribution in [0.3, 0.4) is 0 Å². The third kappa shape index (κ3) is 4.31. The average molecular weight is 267 g/mol. The van der Waals surface area contributed by atoms with Gasteiger partial charge in [0.1, 0.15) is 5.60 Å². The molecule has 17 heavy (non-hydrogen) atoms. The van der Waals surface area contributed by atoms with Crippen molar-refractivity contribution in [1.29, 1.82) is 0 Å². The molecule has 1 unspecified atom stereocenters. The van der Waals surface area contributed by atoms with Gasteiger partial charge in [-0.1, -0.05) is 0 Å². The van der Waals surface area contributed by atoms with Gasteiger partial charge in [-0.15, -0.1) is 0 Å². The molecule has 0 aromatic carbocycles. The van der Waals surface area contributed by atoms with Crippen LogP contribution in [0.4, 0.5) is 0 Å². The lowest BCUT2D eigenvalue weighted by atomic mass is 10.1. The highest BCUT2D eigenvalue weighted by molar-refractivity contribution is 7.92. The minimum Gasteiger partial charge on any atom is -0.481 e. The zero-order valence-electron chi connectivity index (χ0n) is 10.2. The number of ether oxygens (including phenoxy) is 1. The van der Waals surface area contributed by atoms with E-state index >= 15 is 0 Å². The summed E-state index contributed by atoms with van der Waals surface area (Å²) in [6.45, 7) is 4.57. The summed E-state index contributed by atoms with van der Waals surface area (Å²) in [4.78, 5) is 19.7. The lowest BCUT2D eigenvalue weighted by Crippen LogP contribution is -2.57. The topological polar surface area (TPSA) is 124 Å². The number of carbonyl (C=O) groups is 2. The Morgan fingerprint density at radius 3 is 1.94 bits per heavy atom. The summed E-state index contributed by atoms with van der Waals surface area (Å²) in [6.07, 6.45) is -0.347. The fourth-order valence-corrected chi connectivity index (χ4v) is 1.67. The van der Waals surface area contributed by atoms with Gasteiger partial charge in [-0.3, -0.25) is 4.79 Å². The largest absolute Gasteiger partial charge is 0.481 e. The Kier molecular flexibility index (Phi) is 4.30. The van der Waals surface area contributed by atoms with Crippen molar-refractivity contribution < 1.29 is 27.9 Å². The van der Waals surface area contributed by atoms with Gasteiger partial charge < -0.3 is 15.6 Å². The number of hydrogen-bond donors (Lipinski definition) is 2. The Balaban J connectivity index is 5.36. The molecule has 0 radical (unpaired) electrons. The maximum absolute atomic E-state index is 11.7. The van der Waals surface area contributed by atoms with E-state index in [4.69, 9.17) is 15.6 Å². The van der Waals surface area contributed by atoms with Gasteiger partial charge in [-0.05, 0) is 20.8 Å². The predicted molar refractivity (Wildman–Crippen MR) is 59.9 cm³/mol. The van der Waals surface area contributed by atoms with Gasteiger partial charge in [0.15, 0.2) is 9.84 Å². The number of hydrogen-bond acceptors (Lipinski definition) is 6. The third-order valence-electron chi connectivity index (χ3n) is 1.82. The van der Waals surface area contributed by atoms with E-state index < -0.39 is 38.7 Å². The molecule has 0 spiro atoms. The first-order valence-corrected chi connectivity index (χ1v) is 6.62. The minimum atomic E-state index is -4.11. The summed E-state index contributed by atoms with van der Waals surface area (Å²) < 4.78 is 27.7. The van der Waals surface area contributed by atoms with Crippen molar-refractivity contribution in [3.05, 3.63) is 0 Å². The number of nitrogens with two attached hydrogens (primary N) is 1. The summed E-state index contributed by atoms with van der Waals surface area (Å²) in [5, 5.41) is 8.61. The van der Waals surface area contributed by atoms with E-state index in [2.05, 4.69) is 0 Å². The van der Waals surface area contributed by atoms with E-state index in [-0.39, 0.29) is 0 Å². The monoisotopic (exact) mass is 267 g/mol. The second kappa shape index (κ2) is 4.61. The first kappa shape index (κ1) is 15.9. The van der Waals surface area contributed by atoms with Crippen LogP contribution in [0.15, 0.2) is 0 Å². The molecule has 0 aliphatic heterocycles.